The second-order valence-electron chi connectivity index (χ2n) is 6.26. The number of carbonyl (C=O) groups is 3. The number of rotatable bonds is 8. The zero-order chi connectivity index (χ0) is 19.1. The smallest absolute Gasteiger partial charge is 0.326 e. The molecule has 6 nitrogen and oxygen atoms in total. The lowest BCUT2D eigenvalue weighted by Gasteiger charge is -2.24. The van der Waals surface area contributed by atoms with Crippen molar-refractivity contribution in [2.75, 3.05) is 0 Å². The summed E-state index contributed by atoms with van der Waals surface area (Å²) in [6.07, 6.45) is 0.172. The fourth-order valence-corrected chi connectivity index (χ4v) is 3.09. The topological polar surface area (TPSA) is 95.5 Å². The molecule has 0 saturated heterocycles. The van der Waals surface area contributed by atoms with E-state index in [0.29, 0.717) is 4.88 Å². The largest absolute Gasteiger partial charge is 0.480 e. The normalized spacial score (nSPS) is 13.0. The number of carbonyl (C=O) groups excluding carboxylic acids is 2. The maximum absolute atomic E-state index is 12.6. The summed E-state index contributed by atoms with van der Waals surface area (Å²) in [5.41, 5.74) is 0.809. The van der Waals surface area contributed by atoms with E-state index < -0.39 is 24.0 Å². The van der Waals surface area contributed by atoms with Crippen molar-refractivity contribution in [3.8, 4) is 0 Å². The lowest BCUT2D eigenvalue weighted by Crippen LogP contribution is -2.54. The van der Waals surface area contributed by atoms with Crippen molar-refractivity contribution in [1.29, 1.82) is 0 Å². The predicted octanol–water partition coefficient (Wildman–Crippen LogP) is 2.31. The van der Waals surface area contributed by atoms with E-state index >= 15 is 0 Å². The third kappa shape index (κ3) is 5.42. The quantitative estimate of drug-likeness (QED) is 0.661. The molecular formula is C19H22N2O4S. The molecular weight excluding hydrogens is 352 g/mol. The maximum Gasteiger partial charge on any atom is 0.326 e. The van der Waals surface area contributed by atoms with Gasteiger partial charge in [-0.2, -0.15) is 0 Å². The Morgan fingerprint density at radius 1 is 1.04 bits per heavy atom. The van der Waals surface area contributed by atoms with E-state index in [9.17, 15) is 19.5 Å². The van der Waals surface area contributed by atoms with Crippen LogP contribution in [0.5, 0.6) is 0 Å². The number of amides is 2. The Kier molecular flexibility index (Phi) is 6.91. The molecule has 1 aromatic heterocycles. The SMILES string of the molecule is CC(C)C(NC(=O)c1cccs1)C(=O)NC(Cc1ccccc1)C(=O)O. The molecule has 1 heterocycles. The third-order valence-electron chi connectivity index (χ3n) is 3.88. The second-order valence-corrected chi connectivity index (χ2v) is 7.21. The Hall–Kier alpha value is -2.67. The Balaban J connectivity index is 2.06. The molecule has 2 rings (SSSR count). The number of benzene rings is 1. The van der Waals surface area contributed by atoms with Gasteiger partial charge in [0.1, 0.15) is 12.1 Å². The minimum Gasteiger partial charge on any atom is -0.480 e. The first-order chi connectivity index (χ1) is 12.4. The van der Waals surface area contributed by atoms with Gasteiger partial charge >= 0.3 is 5.97 Å². The summed E-state index contributed by atoms with van der Waals surface area (Å²) in [4.78, 5) is 36.9. The molecule has 0 aliphatic heterocycles. The van der Waals surface area contributed by atoms with Crippen molar-refractivity contribution in [3.05, 3.63) is 58.3 Å². The van der Waals surface area contributed by atoms with Crippen LogP contribution in [0.15, 0.2) is 47.8 Å². The molecule has 0 radical (unpaired) electrons. The molecule has 2 unspecified atom stereocenters. The van der Waals surface area contributed by atoms with Gasteiger partial charge < -0.3 is 15.7 Å². The summed E-state index contributed by atoms with van der Waals surface area (Å²) in [5.74, 6) is -2.16. The van der Waals surface area contributed by atoms with Crippen LogP contribution in [-0.2, 0) is 16.0 Å². The second kappa shape index (κ2) is 9.15. The molecule has 0 spiro atoms. The van der Waals surface area contributed by atoms with Gasteiger partial charge in [-0.15, -0.1) is 11.3 Å². The van der Waals surface area contributed by atoms with Crippen LogP contribution >= 0.6 is 11.3 Å². The highest BCUT2D eigenvalue weighted by Crippen LogP contribution is 2.11. The van der Waals surface area contributed by atoms with E-state index in [0.717, 1.165) is 5.56 Å². The Bertz CT molecular complexity index is 744. The number of carboxylic acids is 1. The van der Waals surface area contributed by atoms with Crippen LogP contribution in [0.25, 0.3) is 0 Å². The van der Waals surface area contributed by atoms with Crippen molar-refractivity contribution < 1.29 is 19.5 Å². The number of hydrogen-bond donors (Lipinski definition) is 3. The highest BCUT2D eigenvalue weighted by atomic mass is 32.1. The Labute approximate surface area is 156 Å². The van der Waals surface area contributed by atoms with E-state index in [1.807, 2.05) is 18.2 Å². The molecule has 0 saturated carbocycles. The van der Waals surface area contributed by atoms with Crippen LogP contribution in [0.2, 0.25) is 0 Å². The maximum atomic E-state index is 12.6. The van der Waals surface area contributed by atoms with Gasteiger partial charge in [-0.1, -0.05) is 50.2 Å². The average Bonchev–Trinajstić information content (AvgIpc) is 3.14. The molecule has 2 amide bonds. The zero-order valence-corrected chi connectivity index (χ0v) is 15.5. The molecule has 0 aliphatic rings. The van der Waals surface area contributed by atoms with Crippen LogP contribution in [0.3, 0.4) is 0 Å². The van der Waals surface area contributed by atoms with E-state index in [1.165, 1.54) is 11.3 Å². The lowest BCUT2D eigenvalue weighted by molar-refractivity contribution is -0.142. The molecule has 2 aromatic rings. The van der Waals surface area contributed by atoms with Gasteiger partial charge in [-0.05, 0) is 22.9 Å². The highest BCUT2D eigenvalue weighted by Gasteiger charge is 2.29. The van der Waals surface area contributed by atoms with Gasteiger partial charge in [0.15, 0.2) is 0 Å². The molecule has 2 atom stereocenters. The fourth-order valence-electron chi connectivity index (χ4n) is 2.47. The van der Waals surface area contributed by atoms with Crippen molar-refractivity contribution in [1.82, 2.24) is 10.6 Å². The number of thiophene rings is 1. The van der Waals surface area contributed by atoms with Gasteiger partial charge in [0, 0.05) is 6.42 Å². The highest BCUT2D eigenvalue weighted by molar-refractivity contribution is 7.12. The standard InChI is InChI=1S/C19H22N2O4S/c1-12(2)16(21-17(22)15-9-6-10-26-15)18(23)20-14(19(24)25)11-13-7-4-3-5-8-13/h3-10,12,14,16H,11H2,1-2H3,(H,20,23)(H,21,22)(H,24,25). The van der Waals surface area contributed by atoms with E-state index in [1.54, 1.807) is 43.5 Å². The number of carboxylic acid groups (broad SMARTS) is 1. The predicted molar refractivity (Wildman–Crippen MR) is 100 cm³/mol. The van der Waals surface area contributed by atoms with Crippen molar-refractivity contribution >= 4 is 29.1 Å². The summed E-state index contributed by atoms with van der Waals surface area (Å²) >= 11 is 1.28. The number of nitrogens with one attached hydrogen (secondary N) is 2. The first-order valence-corrected chi connectivity index (χ1v) is 9.18. The summed E-state index contributed by atoms with van der Waals surface area (Å²) < 4.78 is 0. The monoisotopic (exact) mass is 374 g/mol. The fraction of sp³-hybridized carbons (Fsp3) is 0.316. The van der Waals surface area contributed by atoms with E-state index in [2.05, 4.69) is 10.6 Å². The van der Waals surface area contributed by atoms with Crippen LogP contribution in [0, 0.1) is 5.92 Å². The van der Waals surface area contributed by atoms with Crippen LogP contribution in [0.4, 0.5) is 0 Å². The summed E-state index contributed by atoms with van der Waals surface area (Å²) in [6.45, 7) is 3.60. The van der Waals surface area contributed by atoms with Gasteiger partial charge in [0.25, 0.3) is 5.91 Å². The van der Waals surface area contributed by atoms with Gasteiger partial charge in [-0.25, -0.2) is 4.79 Å². The molecule has 0 bridgehead atoms. The van der Waals surface area contributed by atoms with Crippen LogP contribution in [-0.4, -0.2) is 35.0 Å². The number of aliphatic carboxylic acids is 1. The first kappa shape index (κ1) is 19.7. The van der Waals surface area contributed by atoms with Crippen LogP contribution in [0.1, 0.15) is 29.1 Å². The van der Waals surface area contributed by atoms with Crippen molar-refractivity contribution in [2.45, 2.75) is 32.4 Å². The Morgan fingerprint density at radius 3 is 2.27 bits per heavy atom. The molecule has 138 valence electrons. The molecule has 7 heteroatoms. The van der Waals surface area contributed by atoms with Gasteiger partial charge in [-0.3, -0.25) is 9.59 Å². The van der Waals surface area contributed by atoms with Crippen molar-refractivity contribution in [2.24, 2.45) is 5.92 Å². The first-order valence-electron chi connectivity index (χ1n) is 8.30. The van der Waals surface area contributed by atoms with Crippen molar-refractivity contribution in [3.63, 3.8) is 0 Å². The van der Waals surface area contributed by atoms with Gasteiger partial charge in [0.2, 0.25) is 5.91 Å². The Morgan fingerprint density at radius 2 is 1.73 bits per heavy atom. The van der Waals surface area contributed by atoms with Gasteiger partial charge in [0.05, 0.1) is 4.88 Å². The van der Waals surface area contributed by atoms with E-state index in [-0.39, 0.29) is 18.2 Å². The molecule has 1 aromatic carbocycles. The molecule has 0 aliphatic carbocycles. The minimum atomic E-state index is -1.12. The summed E-state index contributed by atoms with van der Waals surface area (Å²) in [7, 11) is 0. The summed E-state index contributed by atoms with van der Waals surface area (Å²) in [5, 5.41) is 16.5. The van der Waals surface area contributed by atoms with E-state index in [4.69, 9.17) is 0 Å². The molecule has 3 N–H and O–H groups in total. The third-order valence-corrected chi connectivity index (χ3v) is 4.75. The zero-order valence-electron chi connectivity index (χ0n) is 14.6. The summed E-state index contributed by atoms with van der Waals surface area (Å²) in [6, 6.07) is 10.6. The average molecular weight is 374 g/mol. The number of hydrogen-bond acceptors (Lipinski definition) is 4. The molecule has 26 heavy (non-hydrogen) atoms. The lowest BCUT2D eigenvalue weighted by atomic mass is 10.0. The van der Waals surface area contributed by atoms with Crippen LogP contribution < -0.4 is 10.6 Å². The minimum absolute atomic E-state index is 0.172. The molecule has 0 fully saturated rings.